The van der Waals surface area contributed by atoms with Gasteiger partial charge in [0.2, 0.25) is 0 Å². The summed E-state index contributed by atoms with van der Waals surface area (Å²) in [7, 11) is 0. The Balaban J connectivity index is 1.57. The number of benzene rings is 1. The molecule has 106 valence electrons. The number of aromatic nitrogens is 4. The lowest BCUT2D eigenvalue weighted by molar-refractivity contribution is 0.523. The highest BCUT2D eigenvalue weighted by Crippen LogP contribution is 2.23. The van der Waals surface area contributed by atoms with E-state index in [1.54, 1.807) is 6.33 Å². The molecule has 6 nitrogen and oxygen atoms in total. The van der Waals surface area contributed by atoms with E-state index in [4.69, 9.17) is 0 Å². The van der Waals surface area contributed by atoms with E-state index in [-0.39, 0.29) is 0 Å². The molecule has 3 heterocycles. The zero-order valence-corrected chi connectivity index (χ0v) is 11.5. The molecule has 0 fully saturated rings. The van der Waals surface area contributed by atoms with E-state index in [2.05, 4.69) is 54.8 Å². The van der Waals surface area contributed by atoms with Crippen LogP contribution in [-0.4, -0.2) is 33.0 Å². The summed E-state index contributed by atoms with van der Waals surface area (Å²) in [5, 5.41) is 6.96. The topological polar surface area (TPSA) is 78.5 Å². The van der Waals surface area contributed by atoms with Crippen molar-refractivity contribution in [3.05, 3.63) is 48.0 Å². The van der Waals surface area contributed by atoms with Gasteiger partial charge in [0.15, 0.2) is 11.5 Å². The second kappa shape index (κ2) is 5.14. The van der Waals surface area contributed by atoms with Crippen molar-refractivity contribution in [2.24, 2.45) is 0 Å². The molecule has 0 aliphatic carbocycles. The molecule has 3 N–H and O–H groups in total. The van der Waals surface area contributed by atoms with Crippen LogP contribution in [0.4, 0.5) is 5.82 Å². The summed E-state index contributed by atoms with van der Waals surface area (Å²) in [6.07, 6.45) is 4.26. The van der Waals surface area contributed by atoms with E-state index in [1.807, 2.05) is 0 Å². The number of fused-ring (bicyclic) bond motifs is 2. The van der Waals surface area contributed by atoms with E-state index in [0.717, 1.165) is 30.8 Å². The van der Waals surface area contributed by atoms with Gasteiger partial charge in [0, 0.05) is 12.6 Å². The molecule has 1 atom stereocenters. The van der Waals surface area contributed by atoms with E-state index >= 15 is 0 Å². The molecule has 3 aromatic rings. The summed E-state index contributed by atoms with van der Waals surface area (Å²) < 4.78 is 0. The Hall–Kier alpha value is -2.47. The fourth-order valence-electron chi connectivity index (χ4n) is 2.87. The first kappa shape index (κ1) is 12.3. The Bertz CT molecular complexity index is 765. The maximum absolute atomic E-state index is 4.30. The Morgan fingerprint density at radius 1 is 1.19 bits per heavy atom. The normalized spacial score (nSPS) is 17.6. The van der Waals surface area contributed by atoms with E-state index in [9.17, 15) is 0 Å². The molecule has 0 amide bonds. The molecule has 21 heavy (non-hydrogen) atoms. The third-order valence-corrected chi connectivity index (χ3v) is 3.91. The van der Waals surface area contributed by atoms with Crippen LogP contribution in [0.2, 0.25) is 0 Å². The number of hydrogen-bond donors (Lipinski definition) is 3. The molecule has 0 saturated carbocycles. The van der Waals surface area contributed by atoms with Crippen molar-refractivity contribution in [3.8, 4) is 0 Å². The first-order valence-electron chi connectivity index (χ1n) is 7.11. The SMILES string of the molecule is c1ccc2c(c1)CCNC2CNc1ncnc2nc[nH]c12. The standard InChI is InChI=1S/C15H16N6/c1-2-4-11-10(3-1)5-6-16-12(11)7-17-14-13-15(19-8-18-13)21-9-20-14/h1-4,8-9,12,16H,5-7H2,(H2,17,18,19,20,21). The highest BCUT2D eigenvalue weighted by atomic mass is 15.1. The largest absolute Gasteiger partial charge is 0.366 e. The zero-order chi connectivity index (χ0) is 14.1. The molecule has 0 bridgehead atoms. The van der Waals surface area contributed by atoms with Gasteiger partial charge < -0.3 is 15.6 Å². The van der Waals surface area contributed by atoms with Crippen molar-refractivity contribution in [2.45, 2.75) is 12.5 Å². The number of rotatable bonds is 3. The molecule has 6 heteroatoms. The molecule has 2 aromatic heterocycles. The van der Waals surface area contributed by atoms with Crippen molar-refractivity contribution >= 4 is 17.0 Å². The third-order valence-electron chi connectivity index (χ3n) is 3.91. The number of anilines is 1. The summed E-state index contributed by atoms with van der Waals surface area (Å²) in [5.74, 6) is 0.794. The van der Waals surface area contributed by atoms with Gasteiger partial charge in [-0.2, -0.15) is 0 Å². The minimum absolute atomic E-state index is 0.294. The van der Waals surface area contributed by atoms with Gasteiger partial charge in [-0.05, 0) is 24.1 Å². The van der Waals surface area contributed by atoms with Crippen LogP contribution < -0.4 is 10.6 Å². The van der Waals surface area contributed by atoms with Gasteiger partial charge in [-0.3, -0.25) is 0 Å². The Morgan fingerprint density at radius 2 is 2.14 bits per heavy atom. The lowest BCUT2D eigenvalue weighted by atomic mass is 9.94. The molecule has 1 aliphatic rings. The Kier molecular flexibility index (Phi) is 3.01. The van der Waals surface area contributed by atoms with Crippen molar-refractivity contribution in [1.29, 1.82) is 0 Å². The number of nitrogens with zero attached hydrogens (tertiary/aromatic N) is 3. The molecule has 1 aromatic carbocycles. The van der Waals surface area contributed by atoms with Crippen LogP contribution in [0, 0.1) is 0 Å². The van der Waals surface area contributed by atoms with Gasteiger partial charge in [-0.15, -0.1) is 0 Å². The first-order chi connectivity index (χ1) is 10.4. The first-order valence-corrected chi connectivity index (χ1v) is 7.11. The van der Waals surface area contributed by atoms with E-state index < -0.39 is 0 Å². The quantitative estimate of drug-likeness (QED) is 0.680. The van der Waals surface area contributed by atoms with Crippen LogP contribution in [0.5, 0.6) is 0 Å². The molecular weight excluding hydrogens is 264 g/mol. The summed E-state index contributed by atoms with van der Waals surface area (Å²) in [6.45, 7) is 1.79. The predicted octanol–water partition coefficient (Wildman–Crippen LogP) is 1.65. The number of imidazole rings is 1. The number of H-pyrrole nitrogens is 1. The molecule has 0 saturated heterocycles. The van der Waals surface area contributed by atoms with Crippen LogP contribution in [-0.2, 0) is 6.42 Å². The van der Waals surface area contributed by atoms with Crippen molar-refractivity contribution < 1.29 is 0 Å². The van der Waals surface area contributed by atoms with Crippen LogP contribution in [0.1, 0.15) is 17.2 Å². The molecule has 0 spiro atoms. The monoisotopic (exact) mass is 280 g/mol. The average Bonchev–Trinajstić information content (AvgIpc) is 3.02. The van der Waals surface area contributed by atoms with Crippen molar-refractivity contribution in [2.75, 3.05) is 18.4 Å². The molecule has 4 rings (SSSR count). The second-order valence-corrected chi connectivity index (χ2v) is 5.16. The maximum atomic E-state index is 4.30. The summed E-state index contributed by atoms with van der Waals surface area (Å²) in [5.41, 5.74) is 4.33. The number of aromatic amines is 1. The second-order valence-electron chi connectivity index (χ2n) is 5.16. The third kappa shape index (κ3) is 2.23. The molecule has 0 radical (unpaired) electrons. The smallest absolute Gasteiger partial charge is 0.182 e. The lowest BCUT2D eigenvalue weighted by Gasteiger charge is -2.27. The summed E-state index contributed by atoms with van der Waals surface area (Å²) >= 11 is 0. The highest BCUT2D eigenvalue weighted by molar-refractivity contribution is 5.81. The Labute approximate surface area is 122 Å². The minimum Gasteiger partial charge on any atom is -0.366 e. The van der Waals surface area contributed by atoms with Crippen LogP contribution >= 0.6 is 0 Å². The van der Waals surface area contributed by atoms with Gasteiger partial charge in [0.05, 0.1) is 6.33 Å². The predicted molar refractivity (Wildman–Crippen MR) is 81.1 cm³/mol. The Morgan fingerprint density at radius 3 is 3.14 bits per heavy atom. The zero-order valence-electron chi connectivity index (χ0n) is 11.5. The number of nitrogens with one attached hydrogen (secondary N) is 3. The van der Waals surface area contributed by atoms with Crippen LogP contribution in [0.25, 0.3) is 11.2 Å². The summed E-state index contributed by atoms with van der Waals surface area (Å²) in [4.78, 5) is 15.6. The molecular formula is C15H16N6. The van der Waals surface area contributed by atoms with Gasteiger partial charge >= 0.3 is 0 Å². The van der Waals surface area contributed by atoms with Crippen LogP contribution in [0.15, 0.2) is 36.9 Å². The number of hydrogen-bond acceptors (Lipinski definition) is 5. The average molecular weight is 280 g/mol. The lowest BCUT2D eigenvalue weighted by Crippen LogP contribution is -2.34. The highest BCUT2D eigenvalue weighted by Gasteiger charge is 2.19. The van der Waals surface area contributed by atoms with E-state index in [1.165, 1.54) is 17.5 Å². The van der Waals surface area contributed by atoms with Crippen molar-refractivity contribution in [1.82, 2.24) is 25.3 Å². The fourth-order valence-corrected chi connectivity index (χ4v) is 2.87. The van der Waals surface area contributed by atoms with Gasteiger partial charge in [0.1, 0.15) is 11.8 Å². The fraction of sp³-hybridized carbons (Fsp3) is 0.267. The van der Waals surface area contributed by atoms with Gasteiger partial charge in [-0.1, -0.05) is 24.3 Å². The van der Waals surface area contributed by atoms with Gasteiger partial charge in [0.25, 0.3) is 0 Å². The van der Waals surface area contributed by atoms with Crippen molar-refractivity contribution in [3.63, 3.8) is 0 Å². The van der Waals surface area contributed by atoms with E-state index in [0.29, 0.717) is 11.7 Å². The van der Waals surface area contributed by atoms with Gasteiger partial charge in [-0.25, -0.2) is 15.0 Å². The maximum Gasteiger partial charge on any atom is 0.182 e. The van der Waals surface area contributed by atoms with Crippen LogP contribution in [0.3, 0.4) is 0 Å². The molecule has 1 aliphatic heterocycles. The summed E-state index contributed by atoms with van der Waals surface area (Å²) in [6, 6.07) is 8.90. The minimum atomic E-state index is 0.294. The molecule has 1 unspecified atom stereocenters.